The maximum absolute atomic E-state index is 13.2. The summed E-state index contributed by atoms with van der Waals surface area (Å²) in [4.78, 5) is 18.0. The summed E-state index contributed by atoms with van der Waals surface area (Å²) in [5.41, 5.74) is 1.83. The Morgan fingerprint density at radius 3 is 2.21 bits per heavy atom. The number of hydrogen-bond acceptors (Lipinski definition) is 3. The van der Waals surface area contributed by atoms with Gasteiger partial charge in [-0.3, -0.25) is 9.36 Å². The van der Waals surface area contributed by atoms with Crippen molar-refractivity contribution >= 4 is 57.5 Å². The highest BCUT2D eigenvalue weighted by molar-refractivity contribution is 7.98. The third-order valence-electron chi connectivity index (χ3n) is 4.25. The van der Waals surface area contributed by atoms with Crippen molar-refractivity contribution in [2.45, 2.75) is 10.9 Å². The number of fused-ring (bicyclic) bond motifs is 1. The Morgan fingerprint density at radius 1 is 0.821 bits per heavy atom. The van der Waals surface area contributed by atoms with Crippen molar-refractivity contribution in [3.8, 4) is 5.69 Å². The molecule has 0 aliphatic heterocycles. The van der Waals surface area contributed by atoms with Gasteiger partial charge in [-0.1, -0.05) is 76.9 Å². The molecule has 3 aromatic carbocycles. The maximum Gasteiger partial charge on any atom is 0.266 e. The monoisotopic (exact) mass is 446 g/mol. The molecular weight excluding hydrogens is 435 g/mol. The second kappa shape index (κ2) is 8.18. The molecule has 0 aliphatic rings. The quantitative estimate of drug-likeness (QED) is 0.260. The standard InChI is InChI=1S/C21H13Cl3N2OS/c22-15-8-5-9-16(23)14(15)12-28-21-25-18-10-3-1-6-13(18)20(27)26(21)19-11-4-2-7-17(19)24/h1-11H,12H2. The Hall–Kier alpha value is -1.98. The summed E-state index contributed by atoms with van der Waals surface area (Å²) in [5, 5.41) is 2.68. The lowest BCUT2D eigenvalue weighted by Crippen LogP contribution is -2.22. The largest absolute Gasteiger partial charge is 0.268 e. The Balaban J connectivity index is 1.88. The molecule has 0 radical (unpaired) electrons. The van der Waals surface area contributed by atoms with Crippen molar-refractivity contribution in [2.75, 3.05) is 0 Å². The SMILES string of the molecule is O=c1c2ccccc2nc(SCc2c(Cl)cccc2Cl)n1-c1ccccc1Cl. The van der Waals surface area contributed by atoms with Gasteiger partial charge in [0, 0.05) is 15.8 Å². The molecule has 0 fully saturated rings. The van der Waals surface area contributed by atoms with Gasteiger partial charge < -0.3 is 0 Å². The van der Waals surface area contributed by atoms with Gasteiger partial charge >= 0.3 is 0 Å². The van der Waals surface area contributed by atoms with E-state index in [1.165, 1.54) is 11.8 Å². The van der Waals surface area contributed by atoms with Gasteiger partial charge in [-0.05, 0) is 42.0 Å². The average molecular weight is 448 g/mol. The van der Waals surface area contributed by atoms with Gasteiger partial charge in [-0.15, -0.1) is 0 Å². The van der Waals surface area contributed by atoms with E-state index in [9.17, 15) is 4.79 Å². The van der Waals surface area contributed by atoms with Gasteiger partial charge in [0.2, 0.25) is 0 Å². The lowest BCUT2D eigenvalue weighted by molar-refractivity contribution is 0.820. The van der Waals surface area contributed by atoms with Gasteiger partial charge in [0.05, 0.1) is 21.6 Å². The molecule has 1 aromatic heterocycles. The highest BCUT2D eigenvalue weighted by Crippen LogP contribution is 2.32. The van der Waals surface area contributed by atoms with Crippen LogP contribution in [0.4, 0.5) is 0 Å². The molecule has 0 saturated heterocycles. The number of hydrogen-bond donors (Lipinski definition) is 0. The smallest absolute Gasteiger partial charge is 0.266 e. The van der Waals surface area contributed by atoms with Crippen molar-refractivity contribution in [2.24, 2.45) is 0 Å². The predicted octanol–water partition coefficient (Wildman–Crippen LogP) is 6.64. The molecule has 0 N–H and O–H groups in total. The first-order valence-corrected chi connectivity index (χ1v) is 10.5. The zero-order valence-corrected chi connectivity index (χ0v) is 17.5. The van der Waals surface area contributed by atoms with E-state index >= 15 is 0 Å². The van der Waals surface area contributed by atoms with Crippen molar-refractivity contribution in [1.29, 1.82) is 0 Å². The molecule has 0 spiro atoms. The Labute approximate surface area is 180 Å². The van der Waals surface area contributed by atoms with E-state index in [0.29, 0.717) is 42.6 Å². The van der Waals surface area contributed by atoms with Crippen molar-refractivity contribution in [1.82, 2.24) is 9.55 Å². The minimum absolute atomic E-state index is 0.175. The molecular formula is C21H13Cl3N2OS. The number of benzene rings is 3. The second-order valence-electron chi connectivity index (χ2n) is 5.99. The third-order valence-corrected chi connectivity index (χ3v) is 6.24. The van der Waals surface area contributed by atoms with Crippen LogP contribution in [-0.4, -0.2) is 9.55 Å². The zero-order valence-electron chi connectivity index (χ0n) is 14.4. The molecule has 0 saturated carbocycles. The van der Waals surface area contributed by atoms with Crippen LogP contribution in [0, 0.1) is 0 Å². The molecule has 0 atom stereocenters. The first kappa shape index (κ1) is 19.3. The molecule has 0 amide bonds. The van der Waals surface area contributed by atoms with Crippen LogP contribution >= 0.6 is 46.6 Å². The number of halogens is 3. The summed E-state index contributed by atoms with van der Waals surface area (Å²) in [6.45, 7) is 0. The van der Waals surface area contributed by atoms with Crippen LogP contribution in [0.15, 0.2) is 76.7 Å². The first-order valence-electron chi connectivity index (χ1n) is 8.38. The Kier molecular flexibility index (Phi) is 5.65. The van der Waals surface area contributed by atoms with Crippen LogP contribution in [-0.2, 0) is 5.75 Å². The molecule has 3 nitrogen and oxygen atoms in total. The van der Waals surface area contributed by atoms with Crippen LogP contribution in [0.2, 0.25) is 15.1 Å². The number of nitrogens with zero attached hydrogens (tertiary/aromatic N) is 2. The van der Waals surface area contributed by atoms with E-state index in [2.05, 4.69) is 0 Å². The third kappa shape index (κ3) is 3.65. The Bertz CT molecular complexity index is 1220. The summed E-state index contributed by atoms with van der Waals surface area (Å²) >= 11 is 20.4. The molecule has 0 unspecified atom stereocenters. The number of thioether (sulfide) groups is 1. The lowest BCUT2D eigenvalue weighted by Gasteiger charge is -2.15. The van der Waals surface area contributed by atoms with E-state index in [4.69, 9.17) is 39.8 Å². The molecule has 7 heteroatoms. The molecule has 28 heavy (non-hydrogen) atoms. The van der Waals surface area contributed by atoms with Crippen LogP contribution < -0.4 is 5.56 Å². The van der Waals surface area contributed by atoms with Crippen molar-refractivity contribution in [3.05, 3.63) is 97.7 Å². The van der Waals surface area contributed by atoms with Crippen LogP contribution in [0.3, 0.4) is 0 Å². The van der Waals surface area contributed by atoms with Gasteiger partial charge in [0.1, 0.15) is 0 Å². The lowest BCUT2D eigenvalue weighted by atomic mass is 10.2. The highest BCUT2D eigenvalue weighted by Gasteiger charge is 2.16. The van der Waals surface area contributed by atoms with E-state index < -0.39 is 0 Å². The Morgan fingerprint density at radius 2 is 1.46 bits per heavy atom. The highest BCUT2D eigenvalue weighted by atomic mass is 35.5. The van der Waals surface area contributed by atoms with Crippen LogP contribution in [0.1, 0.15) is 5.56 Å². The fraction of sp³-hybridized carbons (Fsp3) is 0.0476. The van der Waals surface area contributed by atoms with Gasteiger partial charge in [0.25, 0.3) is 5.56 Å². The summed E-state index contributed by atoms with van der Waals surface area (Å²) in [5.74, 6) is 0.466. The molecule has 0 aliphatic carbocycles. The average Bonchev–Trinajstić information content (AvgIpc) is 2.69. The minimum atomic E-state index is -0.175. The molecule has 4 aromatic rings. The maximum atomic E-state index is 13.2. The number of rotatable bonds is 4. The summed E-state index contributed by atoms with van der Waals surface area (Å²) in [7, 11) is 0. The first-order chi connectivity index (χ1) is 13.6. The molecule has 140 valence electrons. The topological polar surface area (TPSA) is 34.9 Å². The summed E-state index contributed by atoms with van der Waals surface area (Å²) < 4.78 is 1.54. The van der Waals surface area contributed by atoms with Crippen molar-refractivity contribution in [3.63, 3.8) is 0 Å². The van der Waals surface area contributed by atoms with Gasteiger partial charge in [0.15, 0.2) is 5.16 Å². The van der Waals surface area contributed by atoms with E-state index in [-0.39, 0.29) is 5.56 Å². The van der Waals surface area contributed by atoms with Crippen LogP contribution in [0.5, 0.6) is 0 Å². The van der Waals surface area contributed by atoms with Gasteiger partial charge in [-0.25, -0.2) is 4.98 Å². The fourth-order valence-corrected chi connectivity index (χ4v) is 4.83. The van der Waals surface area contributed by atoms with Crippen LogP contribution in [0.25, 0.3) is 16.6 Å². The summed E-state index contributed by atoms with van der Waals surface area (Å²) in [6.07, 6.45) is 0. The van der Waals surface area contributed by atoms with E-state index in [1.54, 1.807) is 41.0 Å². The second-order valence-corrected chi connectivity index (χ2v) is 8.16. The zero-order chi connectivity index (χ0) is 19.7. The minimum Gasteiger partial charge on any atom is -0.268 e. The summed E-state index contributed by atoms with van der Waals surface area (Å²) in [6, 6.07) is 19.8. The van der Waals surface area contributed by atoms with Gasteiger partial charge in [-0.2, -0.15) is 0 Å². The van der Waals surface area contributed by atoms with E-state index in [0.717, 1.165) is 5.56 Å². The number of para-hydroxylation sites is 2. The molecule has 4 rings (SSSR count). The molecule has 1 heterocycles. The fourth-order valence-electron chi connectivity index (χ4n) is 2.86. The predicted molar refractivity (Wildman–Crippen MR) is 118 cm³/mol. The number of aromatic nitrogens is 2. The van der Waals surface area contributed by atoms with E-state index in [1.807, 2.05) is 30.3 Å². The normalized spacial score (nSPS) is 11.1. The van der Waals surface area contributed by atoms with Crippen molar-refractivity contribution < 1.29 is 0 Å². The molecule has 0 bridgehead atoms.